The summed E-state index contributed by atoms with van der Waals surface area (Å²) in [6.07, 6.45) is -3.74. The van der Waals surface area contributed by atoms with Gasteiger partial charge in [-0.25, -0.2) is 0 Å². The highest BCUT2D eigenvalue weighted by Gasteiger charge is 2.35. The van der Waals surface area contributed by atoms with E-state index in [2.05, 4.69) is 5.10 Å². The number of aromatic nitrogens is 2. The van der Waals surface area contributed by atoms with Crippen LogP contribution in [0, 0.1) is 5.92 Å². The fraction of sp³-hybridized carbons (Fsp3) is 0.667. The van der Waals surface area contributed by atoms with Crippen LogP contribution in [0.5, 0.6) is 0 Å². The number of nitrogens with two attached hydrogens (primary N) is 1. The van der Waals surface area contributed by atoms with Gasteiger partial charge in [-0.2, -0.15) is 18.3 Å². The van der Waals surface area contributed by atoms with E-state index < -0.39 is 11.9 Å². The average Bonchev–Trinajstić information content (AvgIpc) is 2.42. The van der Waals surface area contributed by atoms with Crippen molar-refractivity contribution in [3.05, 3.63) is 11.8 Å². The molecule has 0 fully saturated rings. The molecule has 1 rings (SSSR count). The van der Waals surface area contributed by atoms with Gasteiger partial charge in [-0.3, -0.25) is 4.68 Å². The zero-order valence-corrected chi connectivity index (χ0v) is 8.67. The molecule has 0 saturated heterocycles. The van der Waals surface area contributed by atoms with Gasteiger partial charge in [0.05, 0.1) is 0 Å². The van der Waals surface area contributed by atoms with Crippen molar-refractivity contribution < 1.29 is 13.2 Å². The minimum Gasteiger partial charge on any atom is -0.382 e. The molecule has 15 heavy (non-hydrogen) atoms. The monoisotopic (exact) mass is 221 g/mol. The first-order chi connectivity index (χ1) is 6.80. The van der Waals surface area contributed by atoms with Crippen molar-refractivity contribution in [3.63, 3.8) is 0 Å². The lowest BCUT2D eigenvalue weighted by atomic mass is 10.1. The van der Waals surface area contributed by atoms with E-state index in [9.17, 15) is 13.2 Å². The highest BCUT2D eigenvalue weighted by atomic mass is 19.4. The van der Waals surface area contributed by atoms with Gasteiger partial charge in [0.2, 0.25) is 0 Å². The third kappa shape index (κ3) is 3.14. The van der Waals surface area contributed by atoms with Crippen LogP contribution in [0.2, 0.25) is 0 Å². The molecule has 0 aliphatic heterocycles. The van der Waals surface area contributed by atoms with Crippen molar-refractivity contribution in [1.82, 2.24) is 9.78 Å². The molecule has 0 spiro atoms. The van der Waals surface area contributed by atoms with E-state index in [0.29, 0.717) is 12.3 Å². The minimum atomic E-state index is -4.39. The normalized spacial score (nSPS) is 12.4. The van der Waals surface area contributed by atoms with Crippen LogP contribution >= 0.6 is 0 Å². The fourth-order valence-electron chi connectivity index (χ4n) is 1.22. The maximum Gasteiger partial charge on any atom is 0.433 e. The summed E-state index contributed by atoms with van der Waals surface area (Å²) >= 11 is 0. The number of hydrogen-bond donors (Lipinski definition) is 1. The maximum atomic E-state index is 12.5. The van der Waals surface area contributed by atoms with Crippen molar-refractivity contribution in [2.45, 2.75) is 33.0 Å². The highest BCUT2D eigenvalue weighted by molar-refractivity contribution is 5.30. The molecular formula is C9H14F3N3. The number of hydrogen-bond acceptors (Lipinski definition) is 2. The SMILES string of the molecule is CC(C)CCn1nc(N)cc1C(F)(F)F. The molecule has 86 valence electrons. The minimum absolute atomic E-state index is 0.0916. The van der Waals surface area contributed by atoms with E-state index in [1.165, 1.54) is 0 Å². The van der Waals surface area contributed by atoms with E-state index in [-0.39, 0.29) is 12.4 Å². The molecule has 1 aromatic rings. The molecule has 1 aromatic heterocycles. The maximum absolute atomic E-state index is 12.5. The molecule has 0 amide bonds. The van der Waals surface area contributed by atoms with Gasteiger partial charge in [-0.1, -0.05) is 13.8 Å². The van der Waals surface area contributed by atoms with Gasteiger partial charge < -0.3 is 5.73 Å². The zero-order valence-electron chi connectivity index (χ0n) is 8.67. The summed E-state index contributed by atoms with van der Waals surface area (Å²) in [6.45, 7) is 4.13. The molecule has 0 aliphatic carbocycles. The number of alkyl halides is 3. The summed E-state index contributed by atoms with van der Waals surface area (Å²) in [5.41, 5.74) is 4.47. The van der Waals surface area contributed by atoms with Gasteiger partial charge in [-0.15, -0.1) is 0 Å². The van der Waals surface area contributed by atoms with Gasteiger partial charge in [0, 0.05) is 12.6 Å². The summed E-state index contributed by atoms with van der Waals surface area (Å²) in [5.74, 6) is 0.239. The van der Waals surface area contributed by atoms with E-state index in [1.54, 1.807) is 0 Å². The van der Waals surface area contributed by atoms with Crippen LogP contribution in [-0.4, -0.2) is 9.78 Å². The Kier molecular flexibility index (Phi) is 3.26. The lowest BCUT2D eigenvalue weighted by molar-refractivity contribution is -0.144. The molecule has 0 aliphatic rings. The third-order valence-corrected chi connectivity index (χ3v) is 2.01. The lowest BCUT2D eigenvalue weighted by Gasteiger charge is -2.10. The van der Waals surface area contributed by atoms with Gasteiger partial charge in [0.1, 0.15) is 11.5 Å². The summed E-state index contributed by atoms with van der Waals surface area (Å²) in [7, 11) is 0. The molecule has 0 atom stereocenters. The fourth-order valence-corrected chi connectivity index (χ4v) is 1.22. The average molecular weight is 221 g/mol. The predicted octanol–water partition coefficient (Wildman–Crippen LogP) is 2.53. The Morgan fingerprint density at radius 2 is 2.07 bits per heavy atom. The number of rotatable bonds is 3. The van der Waals surface area contributed by atoms with E-state index in [4.69, 9.17) is 5.73 Å². The smallest absolute Gasteiger partial charge is 0.382 e. The van der Waals surface area contributed by atoms with Gasteiger partial charge >= 0.3 is 6.18 Å². The Labute approximate surface area is 86.1 Å². The quantitative estimate of drug-likeness (QED) is 0.852. The topological polar surface area (TPSA) is 43.8 Å². The summed E-state index contributed by atoms with van der Waals surface area (Å²) in [6, 6.07) is 0.861. The standard InChI is InChI=1S/C9H14F3N3/c1-6(2)3-4-15-7(9(10,11)12)5-8(13)14-15/h5-6H,3-4H2,1-2H3,(H2,13,14). The largest absolute Gasteiger partial charge is 0.433 e. The second kappa shape index (κ2) is 4.12. The summed E-state index contributed by atoms with van der Waals surface area (Å²) in [4.78, 5) is 0. The molecule has 0 radical (unpaired) electrons. The summed E-state index contributed by atoms with van der Waals surface area (Å²) < 4.78 is 38.3. The number of aryl methyl sites for hydroxylation is 1. The van der Waals surface area contributed by atoms with E-state index in [1.807, 2.05) is 13.8 Å². The summed E-state index contributed by atoms with van der Waals surface area (Å²) in [5, 5.41) is 3.62. The molecule has 6 heteroatoms. The van der Waals surface area contributed by atoms with Crippen molar-refractivity contribution >= 4 is 5.82 Å². The van der Waals surface area contributed by atoms with Crippen LogP contribution < -0.4 is 5.73 Å². The van der Waals surface area contributed by atoms with Crippen LogP contribution in [-0.2, 0) is 12.7 Å². The van der Waals surface area contributed by atoms with Crippen molar-refractivity contribution in [1.29, 1.82) is 0 Å². The van der Waals surface area contributed by atoms with Gasteiger partial charge in [0.25, 0.3) is 0 Å². The molecule has 3 nitrogen and oxygen atoms in total. The molecule has 0 unspecified atom stereocenters. The first-order valence-corrected chi connectivity index (χ1v) is 4.71. The van der Waals surface area contributed by atoms with Crippen LogP contribution in [0.15, 0.2) is 6.07 Å². The Balaban J connectivity index is 2.87. The second-order valence-corrected chi connectivity index (χ2v) is 3.86. The highest BCUT2D eigenvalue weighted by Crippen LogP contribution is 2.30. The number of halogens is 3. The molecule has 0 bridgehead atoms. The Bertz CT molecular complexity index is 328. The van der Waals surface area contributed by atoms with Gasteiger partial charge in [-0.05, 0) is 12.3 Å². The van der Waals surface area contributed by atoms with Crippen LogP contribution in [0.1, 0.15) is 26.0 Å². The van der Waals surface area contributed by atoms with Crippen molar-refractivity contribution in [3.8, 4) is 0 Å². The van der Waals surface area contributed by atoms with Crippen LogP contribution in [0.4, 0.5) is 19.0 Å². The second-order valence-electron chi connectivity index (χ2n) is 3.86. The van der Waals surface area contributed by atoms with Crippen LogP contribution in [0.25, 0.3) is 0 Å². The molecule has 1 heterocycles. The molecule has 2 N–H and O–H groups in total. The first kappa shape index (κ1) is 11.9. The number of nitrogens with zero attached hydrogens (tertiary/aromatic N) is 2. The Morgan fingerprint density at radius 1 is 1.47 bits per heavy atom. The Hall–Kier alpha value is -1.20. The lowest BCUT2D eigenvalue weighted by Crippen LogP contribution is -2.15. The predicted molar refractivity (Wildman–Crippen MR) is 51.1 cm³/mol. The van der Waals surface area contributed by atoms with Crippen LogP contribution in [0.3, 0.4) is 0 Å². The van der Waals surface area contributed by atoms with Crippen molar-refractivity contribution in [2.24, 2.45) is 5.92 Å². The van der Waals surface area contributed by atoms with Crippen molar-refractivity contribution in [2.75, 3.05) is 5.73 Å². The molecule has 0 saturated carbocycles. The molecular weight excluding hydrogens is 207 g/mol. The first-order valence-electron chi connectivity index (χ1n) is 4.71. The number of nitrogen functional groups attached to an aromatic ring is 1. The zero-order chi connectivity index (χ0) is 11.6. The molecule has 0 aromatic carbocycles. The Morgan fingerprint density at radius 3 is 2.53 bits per heavy atom. The van der Waals surface area contributed by atoms with E-state index in [0.717, 1.165) is 10.7 Å². The number of anilines is 1. The van der Waals surface area contributed by atoms with E-state index >= 15 is 0 Å². The third-order valence-electron chi connectivity index (χ3n) is 2.01. The van der Waals surface area contributed by atoms with Gasteiger partial charge in [0.15, 0.2) is 0 Å².